The molecule has 1 N–H and O–H groups in total. The standard InChI is InChI=1S/C20H23F3N2O4/c1-4-12-25-13(2)16(17(27)29-3)19(18(25)28,20(21,22)23)24-15(26)11-10-14-8-6-5-7-9-14/h5-9H,4,10-12H2,1-3H3,(H,24,26)/t19-/m1/s1. The molecule has 1 aromatic rings. The summed E-state index contributed by atoms with van der Waals surface area (Å²) in [6.45, 7) is 2.90. The van der Waals surface area contributed by atoms with Gasteiger partial charge in [0.2, 0.25) is 11.4 Å². The molecule has 0 spiro atoms. The molecule has 0 bridgehead atoms. The van der Waals surface area contributed by atoms with Crippen molar-refractivity contribution in [2.75, 3.05) is 13.7 Å². The Morgan fingerprint density at radius 2 is 1.83 bits per heavy atom. The molecule has 2 amide bonds. The van der Waals surface area contributed by atoms with Gasteiger partial charge in [0.1, 0.15) is 5.57 Å². The van der Waals surface area contributed by atoms with Crippen LogP contribution in [0.5, 0.6) is 0 Å². The number of methoxy groups -OCH3 is 1. The SMILES string of the molecule is CCCN1C(=O)[C@@](NC(=O)CCc2ccccc2)(C(F)(F)F)C(C(=O)OC)=C1C. The average Bonchev–Trinajstić information content (AvgIpc) is 2.89. The highest BCUT2D eigenvalue weighted by Gasteiger charge is 2.70. The summed E-state index contributed by atoms with van der Waals surface area (Å²) < 4.78 is 47.2. The lowest BCUT2D eigenvalue weighted by Crippen LogP contribution is -2.66. The van der Waals surface area contributed by atoms with Crippen LogP contribution in [0, 0.1) is 0 Å². The van der Waals surface area contributed by atoms with Crippen molar-refractivity contribution in [2.24, 2.45) is 0 Å². The van der Waals surface area contributed by atoms with Gasteiger partial charge >= 0.3 is 12.1 Å². The summed E-state index contributed by atoms with van der Waals surface area (Å²) >= 11 is 0. The van der Waals surface area contributed by atoms with Gasteiger partial charge in [-0.2, -0.15) is 13.2 Å². The Labute approximate surface area is 166 Å². The van der Waals surface area contributed by atoms with E-state index in [1.807, 2.05) is 5.32 Å². The van der Waals surface area contributed by atoms with Gasteiger partial charge in [-0.05, 0) is 25.3 Å². The van der Waals surface area contributed by atoms with Crippen molar-refractivity contribution in [3.63, 3.8) is 0 Å². The summed E-state index contributed by atoms with van der Waals surface area (Å²) in [6, 6.07) is 8.74. The van der Waals surface area contributed by atoms with Gasteiger partial charge in [-0.15, -0.1) is 0 Å². The summed E-state index contributed by atoms with van der Waals surface area (Å²) in [5, 5.41) is 1.82. The molecule has 0 aliphatic carbocycles. The highest BCUT2D eigenvalue weighted by molar-refractivity contribution is 6.10. The number of nitrogens with zero attached hydrogens (tertiary/aromatic N) is 1. The molecular weight excluding hydrogens is 389 g/mol. The van der Waals surface area contributed by atoms with Crippen molar-refractivity contribution in [1.82, 2.24) is 10.2 Å². The van der Waals surface area contributed by atoms with E-state index < -0.39 is 35.1 Å². The van der Waals surface area contributed by atoms with Crippen molar-refractivity contribution in [3.05, 3.63) is 47.2 Å². The Kier molecular flexibility index (Phi) is 6.71. The minimum absolute atomic E-state index is 0.0249. The molecule has 158 valence electrons. The first kappa shape index (κ1) is 22.4. The molecule has 0 fully saturated rings. The van der Waals surface area contributed by atoms with E-state index in [9.17, 15) is 27.6 Å². The first-order valence-electron chi connectivity index (χ1n) is 9.13. The second kappa shape index (κ2) is 8.67. The number of carbonyl (C=O) groups is 3. The van der Waals surface area contributed by atoms with Gasteiger partial charge in [-0.3, -0.25) is 9.59 Å². The first-order valence-corrected chi connectivity index (χ1v) is 9.13. The molecule has 1 aromatic carbocycles. The zero-order valence-corrected chi connectivity index (χ0v) is 16.4. The topological polar surface area (TPSA) is 75.7 Å². The van der Waals surface area contributed by atoms with E-state index in [-0.39, 0.29) is 25.1 Å². The molecule has 0 aromatic heterocycles. The Morgan fingerprint density at radius 3 is 2.34 bits per heavy atom. The molecule has 0 saturated heterocycles. The number of carbonyl (C=O) groups excluding carboxylic acids is 3. The van der Waals surface area contributed by atoms with Crippen LogP contribution in [0.15, 0.2) is 41.6 Å². The monoisotopic (exact) mass is 412 g/mol. The van der Waals surface area contributed by atoms with E-state index in [2.05, 4.69) is 4.74 Å². The number of aryl methyl sites for hydroxylation is 1. The van der Waals surface area contributed by atoms with Gasteiger partial charge in [-0.25, -0.2) is 4.79 Å². The largest absolute Gasteiger partial charge is 0.466 e. The van der Waals surface area contributed by atoms with Crippen LogP contribution in [0.2, 0.25) is 0 Å². The van der Waals surface area contributed by atoms with Crippen molar-refractivity contribution in [1.29, 1.82) is 0 Å². The fraction of sp³-hybridized carbons (Fsp3) is 0.450. The van der Waals surface area contributed by atoms with Crippen LogP contribution in [0.3, 0.4) is 0 Å². The number of nitrogens with one attached hydrogen (secondary N) is 1. The third-order valence-corrected chi connectivity index (χ3v) is 4.78. The van der Waals surface area contributed by atoms with Crippen LogP contribution in [0.25, 0.3) is 0 Å². The van der Waals surface area contributed by atoms with Crippen LogP contribution in [0.1, 0.15) is 32.3 Å². The highest BCUT2D eigenvalue weighted by atomic mass is 19.4. The second-order valence-electron chi connectivity index (χ2n) is 6.69. The fourth-order valence-electron chi connectivity index (χ4n) is 3.39. The van der Waals surface area contributed by atoms with Crippen molar-refractivity contribution in [2.45, 2.75) is 44.8 Å². The van der Waals surface area contributed by atoms with Crippen LogP contribution in [-0.2, 0) is 25.5 Å². The van der Waals surface area contributed by atoms with Crippen LogP contribution in [0.4, 0.5) is 13.2 Å². The molecular formula is C20H23F3N2O4. The highest BCUT2D eigenvalue weighted by Crippen LogP contribution is 2.45. The number of alkyl halides is 3. The normalized spacial score (nSPS) is 19.5. The summed E-state index contributed by atoms with van der Waals surface area (Å²) in [4.78, 5) is 38.4. The zero-order chi connectivity index (χ0) is 21.8. The molecule has 6 nitrogen and oxygen atoms in total. The van der Waals surface area contributed by atoms with E-state index in [1.54, 1.807) is 37.3 Å². The van der Waals surface area contributed by atoms with E-state index in [0.717, 1.165) is 17.6 Å². The van der Waals surface area contributed by atoms with Gasteiger partial charge in [0, 0.05) is 18.7 Å². The maximum absolute atomic E-state index is 14.2. The summed E-state index contributed by atoms with van der Waals surface area (Å²) in [5.74, 6) is -3.71. The van der Waals surface area contributed by atoms with Gasteiger partial charge in [0.25, 0.3) is 5.91 Å². The summed E-state index contributed by atoms with van der Waals surface area (Å²) in [6.07, 6.45) is -4.96. The molecule has 1 aliphatic heterocycles. The molecule has 1 heterocycles. The fourth-order valence-corrected chi connectivity index (χ4v) is 3.39. The van der Waals surface area contributed by atoms with Crippen LogP contribution >= 0.6 is 0 Å². The van der Waals surface area contributed by atoms with E-state index >= 15 is 0 Å². The van der Waals surface area contributed by atoms with Gasteiger partial charge in [-0.1, -0.05) is 37.3 Å². The number of halogens is 3. The molecule has 1 atom stereocenters. The number of benzene rings is 1. The molecule has 29 heavy (non-hydrogen) atoms. The van der Waals surface area contributed by atoms with Crippen molar-refractivity contribution >= 4 is 17.8 Å². The quantitative estimate of drug-likeness (QED) is 0.699. The number of esters is 1. The lowest BCUT2D eigenvalue weighted by molar-refractivity contribution is -0.196. The minimum atomic E-state index is -5.24. The summed E-state index contributed by atoms with van der Waals surface area (Å²) in [7, 11) is 0.925. The number of amides is 2. The zero-order valence-electron chi connectivity index (χ0n) is 16.4. The van der Waals surface area contributed by atoms with Gasteiger partial charge in [0.05, 0.1) is 7.11 Å². The molecule has 0 unspecified atom stereocenters. The Balaban J connectivity index is 2.42. The van der Waals surface area contributed by atoms with Crippen molar-refractivity contribution < 1.29 is 32.3 Å². The number of hydrogen-bond donors (Lipinski definition) is 1. The molecule has 9 heteroatoms. The van der Waals surface area contributed by atoms with E-state index in [1.165, 1.54) is 6.92 Å². The average molecular weight is 412 g/mol. The Bertz CT molecular complexity index is 821. The predicted molar refractivity (Wildman–Crippen MR) is 98.4 cm³/mol. The molecule has 2 rings (SSSR count). The Hall–Kier alpha value is -2.84. The third-order valence-electron chi connectivity index (χ3n) is 4.78. The third kappa shape index (κ3) is 4.13. The Morgan fingerprint density at radius 1 is 1.21 bits per heavy atom. The smallest absolute Gasteiger partial charge is 0.425 e. The van der Waals surface area contributed by atoms with Gasteiger partial charge in [0.15, 0.2) is 0 Å². The van der Waals surface area contributed by atoms with Crippen molar-refractivity contribution in [3.8, 4) is 0 Å². The summed E-state index contributed by atoms with van der Waals surface area (Å²) in [5.41, 5.74) is -3.79. The number of rotatable bonds is 7. The lowest BCUT2D eigenvalue weighted by Gasteiger charge is -2.33. The lowest BCUT2D eigenvalue weighted by atomic mass is 9.88. The molecule has 0 saturated carbocycles. The van der Waals surface area contributed by atoms with E-state index in [0.29, 0.717) is 6.42 Å². The van der Waals surface area contributed by atoms with Gasteiger partial charge < -0.3 is 15.0 Å². The van der Waals surface area contributed by atoms with E-state index in [4.69, 9.17) is 0 Å². The minimum Gasteiger partial charge on any atom is -0.466 e. The maximum Gasteiger partial charge on any atom is 0.425 e. The molecule has 1 aliphatic rings. The van der Waals surface area contributed by atoms with Crippen LogP contribution in [-0.4, -0.2) is 48.1 Å². The molecule has 0 radical (unpaired) electrons. The second-order valence-corrected chi connectivity index (χ2v) is 6.69. The number of allylic oxidation sites excluding steroid dienone is 1. The number of hydrogen-bond acceptors (Lipinski definition) is 4. The van der Waals surface area contributed by atoms with Crippen LogP contribution < -0.4 is 5.32 Å². The predicted octanol–water partition coefficient (Wildman–Crippen LogP) is 2.74. The number of ether oxygens (including phenoxy) is 1. The maximum atomic E-state index is 14.2. The first-order chi connectivity index (χ1) is 13.6.